The van der Waals surface area contributed by atoms with Gasteiger partial charge in [0.05, 0.1) is 0 Å². The van der Waals surface area contributed by atoms with E-state index in [1.165, 1.54) is 16.1 Å². The van der Waals surface area contributed by atoms with Crippen LogP contribution >= 0.6 is 0 Å². The molecule has 3 rings (SSSR count). The highest BCUT2D eigenvalue weighted by atomic mass is 16.3. The van der Waals surface area contributed by atoms with Gasteiger partial charge in [0, 0.05) is 63.9 Å². The summed E-state index contributed by atoms with van der Waals surface area (Å²) >= 11 is 0. The van der Waals surface area contributed by atoms with Crippen molar-refractivity contribution in [3.05, 3.63) is 48.0 Å². The Hall–Kier alpha value is -3.00. The van der Waals surface area contributed by atoms with Crippen molar-refractivity contribution in [1.82, 2.24) is 14.8 Å². The summed E-state index contributed by atoms with van der Waals surface area (Å²) in [5.41, 5.74) is 7.16. The minimum atomic E-state index is -0.157. The van der Waals surface area contributed by atoms with Gasteiger partial charge in [0.2, 0.25) is 5.91 Å². The van der Waals surface area contributed by atoms with Gasteiger partial charge in [-0.2, -0.15) is 0 Å². The van der Waals surface area contributed by atoms with Crippen LogP contribution in [-0.4, -0.2) is 60.4 Å². The summed E-state index contributed by atoms with van der Waals surface area (Å²) in [4.78, 5) is 28.1. The average Bonchev–Trinajstić information content (AvgIpc) is 3.15. The van der Waals surface area contributed by atoms with Crippen LogP contribution in [0, 0.1) is 0 Å². The number of furan rings is 1. The maximum atomic E-state index is 12.6. The summed E-state index contributed by atoms with van der Waals surface area (Å²) < 4.78 is 5.68. The second kappa shape index (κ2) is 9.00. The van der Waals surface area contributed by atoms with E-state index >= 15 is 0 Å². The highest BCUT2D eigenvalue weighted by molar-refractivity contribution is 5.96. The van der Waals surface area contributed by atoms with Crippen LogP contribution in [0.1, 0.15) is 41.3 Å². The molecule has 4 N–H and O–H groups in total. The SMILES string of the molecule is CN(C)C(=O)c1cc2cc(C3CCCN(C(=O)CCN(N)/C=C\N)C3)ccc2o1. The Morgan fingerprint density at radius 2 is 2.10 bits per heavy atom. The molecule has 1 atom stereocenters. The van der Waals surface area contributed by atoms with E-state index in [-0.39, 0.29) is 17.7 Å². The number of piperidine rings is 1. The number of nitrogens with two attached hydrogens (primary N) is 2. The predicted octanol–water partition coefficient (Wildman–Crippen LogP) is 1.84. The van der Waals surface area contributed by atoms with E-state index in [1.54, 1.807) is 26.4 Å². The van der Waals surface area contributed by atoms with Crippen molar-refractivity contribution in [3.63, 3.8) is 0 Å². The monoisotopic (exact) mass is 399 g/mol. The molecular formula is C21H29N5O3. The number of carbonyl (C=O) groups is 2. The quantitative estimate of drug-likeness (QED) is 0.567. The van der Waals surface area contributed by atoms with E-state index in [4.69, 9.17) is 16.0 Å². The maximum Gasteiger partial charge on any atom is 0.289 e. The largest absolute Gasteiger partial charge is 0.451 e. The number of likely N-dealkylation sites (tertiary alicyclic amines) is 1. The third-order valence-corrected chi connectivity index (χ3v) is 5.26. The van der Waals surface area contributed by atoms with Gasteiger partial charge in [-0.15, -0.1) is 0 Å². The van der Waals surface area contributed by atoms with Crippen molar-refractivity contribution in [3.8, 4) is 0 Å². The first-order chi connectivity index (χ1) is 13.9. The van der Waals surface area contributed by atoms with Gasteiger partial charge in [-0.3, -0.25) is 9.59 Å². The van der Waals surface area contributed by atoms with Crippen LogP contribution in [0.2, 0.25) is 0 Å². The summed E-state index contributed by atoms with van der Waals surface area (Å²) in [6.07, 6.45) is 5.23. The Kier molecular flexibility index (Phi) is 6.43. The first kappa shape index (κ1) is 20.7. The van der Waals surface area contributed by atoms with E-state index in [0.717, 1.165) is 30.3 Å². The molecule has 1 saturated heterocycles. The molecule has 2 heterocycles. The normalized spacial score (nSPS) is 17.1. The zero-order valence-corrected chi connectivity index (χ0v) is 17.0. The number of rotatable bonds is 6. The van der Waals surface area contributed by atoms with E-state index in [2.05, 4.69) is 6.07 Å². The highest BCUT2D eigenvalue weighted by Crippen LogP contribution is 2.30. The fourth-order valence-corrected chi connectivity index (χ4v) is 3.69. The molecule has 2 aromatic rings. The van der Waals surface area contributed by atoms with Gasteiger partial charge in [-0.05, 0) is 36.6 Å². The molecule has 1 aromatic heterocycles. The molecule has 0 radical (unpaired) electrons. The molecule has 1 aromatic carbocycles. The molecule has 156 valence electrons. The number of hydrazine groups is 1. The lowest BCUT2D eigenvalue weighted by Crippen LogP contribution is -2.40. The average molecular weight is 399 g/mol. The predicted molar refractivity (Wildman–Crippen MR) is 112 cm³/mol. The second-order valence-electron chi connectivity index (χ2n) is 7.62. The van der Waals surface area contributed by atoms with Gasteiger partial charge in [0.1, 0.15) is 5.58 Å². The van der Waals surface area contributed by atoms with Crippen molar-refractivity contribution >= 4 is 22.8 Å². The lowest BCUT2D eigenvalue weighted by molar-refractivity contribution is -0.132. The fraction of sp³-hybridized carbons (Fsp3) is 0.429. The Morgan fingerprint density at radius 1 is 1.31 bits per heavy atom. The lowest BCUT2D eigenvalue weighted by Gasteiger charge is -2.33. The molecule has 2 amide bonds. The van der Waals surface area contributed by atoms with E-state index in [9.17, 15) is 9.59 Å². The molecule has 0 bridgehead atoms. The van der Waals surface area contributed by atoms with Crippen LogP contribution in [-0.2, 0) is 4.79 Å². The molecule has 1 unspecified atom stereocenters. The third kappa shape index (κ3) is 4.89. The molecule has 29 heavy (non-hydrogen) atoms. The first-order valence-electron chi connectivity index (χ1n) is 9.81. The number of fused-ring (bicyclic) bond motifs is 1. The van der Waals surface area contributed by atoms with E-state index < -0.39 is 0 Å². The molecule has 1 aliphatic rings. The molecule has 1 aliphatic heterocycles. The van der Waals surface area contributed by atoms with Gasteiger partial charge in [-0.1, -0.05) is 6.07 Å². The summed E-state index contributed by atoms with van der Waals surface area (Å²) in [7, 11) is 3.40. The number of hydrogen-bond acceptors (Lipinski definition) is 6. The van der Waals surface area contributed by atoms with Crippen LogP contribution < -0.4 is 11.6 Å². The zero-order valence-electron chi connectivity index (χ0n) is 17.0. The number of benzene rings is 1. The van der Waals surface area contributed by atoms with Crippen molar-refractivity contribution in [2.75, 3.05) is 33.7 Å². The van der Waals surface area contributed by atoms with E-state index in [1.807, 2.05) is 17.0 Å². The Labute approximate surface area is 170 Å². The summed E-state index contributed by atoms with van der Waals surface area (Å²) in [5, 5.41) is 2.32. The molecule has 0 aliphatic carbocycles. The van der Waals surface area contributed by atoms with E-state index in [0.29, 0.717) is 30.9 Å². The minimum Gasteiger partial charge on any atom is -0.451 e. The summed E-state index contributed by atoms with van der Waals surface area (Å²) in [6, 6.07) is 7.79. The lowest BCUT2D eigenvalue weighted by atomic mass is 9.90. The molecule has 8 heteroatoms. The molecule has 1 fully saturated rings. The van der Waals surface area contributed by atoms with Crippen LogP contribution in [0.3, 0.4) is 0 Å². The molecular weight excluding hydrogens is 370 g/mol. The molecule has 0 saturated carbocycles. The van der Waals surface area contributed by atoms with Crippen molar-refractivity contribution in [2.24, 2.45) is 11.6 Å². The van der Waals surface area contributed by atoms with Crippen LogP contribution in [0.5, 0.6) is 0 Å². The van der Waals surface area contributed by atoms with Gasteiger partial charge < -0.3 is 25.0 Å². The maximum absolute atomic E-state index is 12.6. The number of carbonyl (C=O) groups excluding carboxylic acids is 2. The van der Waals surface area contributed by atoms with Gasteiger partial charge in [0.25, 0.3) is 5.91 Å². The van der Waals surface area contributed by atoms with Crippen molar-refractivity contribution < 1.29 is 14.0 Å². The van der Waals surface area contributed by atoms with Crippen LogP contribution in [0.25, 0.3) is 11.0 Å². The molecule has 8 nitrogen and oxygen atoms in total. The third-order valence-electron chi connectivity index (χ3n) is 5.26. The van der Waals surface area contributed by atoms with Gasteiger partial charge >= 0.3 is 0 Å². The van der Waals surface area contributed by atoms with Crippen molar-refractivity contribution in [2.45, 2.75) is 25.2 Å². The molecule has 0 spiro atoms. The number of amides is 2. The summed E-state index contributed by atoms with van der Waals surface area (Å²) in [5.74, 6) is 6.27. The van der Waals surface area contributed by atoms with Crippen molar-refractivity contribution in [1.29, 1.82) is 0 Å². The Morgan fingerprint density at radius 3 is 2.83 bits per heavy atom. The van der Waals surface area contributed by atoms with Crippen LogP contribution in [0.4, 0.5) is 0 Å². The van der Waals surface area contributed by atoms with Gasteiger partial charge in [0.15, 0.2) is 5.76 Å². The summed E-state index contributed by atoms with van der Waals surface area (Å²) in [6.45, 7) is 1.88. The number of hydrogen-bond donors (Lipinski definition) is 2. The minimum absolute atomic E-state index is 0.0961. The standard InChI is InChI=1S/C21H29N5O3/c1-24(2)21(28)19-13-17-12-15(5-6-18(17)29-19)16-4-3-9-25(14-16)20(27)7-10-26(23)11-8-22/h5-6,8,11-13,16H,3-4,7,9-10,14,22-23H2,1-2H3/b11-8-. The number of nitrogens with zero attached hydrogens (tertiary/aromatic N) is 3. The highest BCUT2D eigenvalue weighted by Gasteiger charge is 2.25. The Balaban J connectivity index is 1.69. The van der Waals surface area contributed by atoms with Crippen LogP contribution in [0.15, 0.2) is 41.1 Å². The topological polar surface area (TPSA) is 109 Å². The zero-order chi connectivity index (χ0) is 21.0. The second-order valence-corrected chi connectivity index (χ2v) is 7.62. The fourth-order valence-electron chi connectivity index (χ4n) is 3.69. The Bertz CT molecular complexity index is 905. The van der Waals surface area contributed by atoms with Gasteiger partial charge in [-0.25, -0.2) is 5.84 Å². The first-order valence-corrected chi connectivity index (χ1v) is 9.81. The smallest absolute Gasteiger partial charge is 0.289 e.